The van der Waals surface area contributed by atoms with E-state index in [0.29, 0.717) is 32.1 Å². The highest BCUT2D eigenvalue weighted by Crippen LogP contribution is 2.39. The summed E-state index contributed by atoms with van der Waals surface area (Å²) in [6.07, 6.45) is 3.78. The Hall–Kier alpha value is -2.60. The number of rotatable bonds is 9. The van der Waals surface area contributed by atoms with Crippen molar-refractivity contribution in [3.05, 3.63) is 55.6 Å². The predicted octanol–water partition coefficient (Wildman–Crippen LogP) is 5.29. The topological polar surface area (TPSA) is 115 Å². The van der Waals surface area contributed by atoms with Crippen molar-refractivity contribution in [1.82, 2.24) is 20.1 Å². The van der Waals surface area contributed by atoms with E-state index in [2.05, 4.69) is 20.8 Å². The summed E-state index contributed by atoms with van der Waals surface area (Å²) < 4.78 is 6.99. The molecule has 1 atom stereocenters. The third-order valence-corrected chi connectivity index (χ3v) is 8.94. The quantitative estimate of drug-likeness (QED) is 0.255. The van der Waals surface area contributed by atoms with Crippen molar-refractivity contribution in [3.8, 4) is 0 Å². The molecule has 3 aromatic rings. The number of nitrogens with one attached hydrogen (secondary N) is 2. The number of anilines is 1. The van der Waals surface area contributed by atoms with Gasteiger partial charge >= 0.3 is 5.97 Å². The second-order valence-electron chi connectivity index (χ2n) is 8.65. The lowest BCUT2D eigenvalue weighted by atomic mass is 9.95. The highest BCUT2D eigenvalue weighted by Gasteiger charge is 2.29. The number of benzene rings is 1. The molecule has 0 spiro atoms. The van der Waals surface area contributed by atoms with E-state index in [-0.39, 0.29) is 30.0 Å². The molecule has 4 rings (SSSR count). The van der Waals surface area contributed by atoms with Crippen LogP contribution in [0.5, 0.6) is 0 Å². The van der Waals surface area contributed by atoms with Gasteiger partial charge in [0, 0.05) is 16.9 Å². The van der Waals surface area contributed by atoms with Crippen LogP contribution in [0.2, 0.25) is 10.0 Å². The van der Waals surface area contributed by atoms with Gasteiger partial charge in [-0.15, -0.1) is 21.5 Å². The van der Waals surface area contributed by atoms with Crippen molar-refractivity contribution in [1.29, 1.82) is 0 Å². The van der Waals surface area contributed by atoms with Gasteiger partial charge in [0.15, 0.2) is 11.0 Å². The number of carbonyl (C=O) groups is 3. The lowest BCUT2D eigenvalue weighted by molar-refractivity contribution is -0.115. The van der Waals surface area contributed by atoms with Gasteiger partial charge in [-0.1, -0.05) is 35.0 Å². The van der Waals surface area contributed by atoms with Crippen LogP contribution in [0.15, 0.2) is 23.4 Å². The molecule has 1 aromatic carbocycles. The molecule has 0 aliphatic heterocycles. The number of amides is 2. The second-order valence-corrected chi connectivity index (χ2v) is 11.9. The van der Waals surface area contributed by atoms with Gasteiger partial charge in [-0.25, -0.2) is 4.79 Å². The standard InChI is InChI=1S/C25H27Cl2N5O4S2/c1-4-36-24(35)20-16-7-5-6-8-18(16)38-23(20)29-21(33)13(2)37-25-31-30-19(32(25)3)12-28-22(34)15-10-9-14(26)11-17(15)27/h9-11,13H,4-8,12H2,1-3H3,(H,28,34)(H,29,33)/t13-/m1/s1. The number of hydrogen-bond acceptors (Lipinski definition) is 8. The van der Waals surface area contributed by atoms with E-state index in [4.69, 9.17) is 27.9 Å². The van der Waals surface area contributed by atoms with Crippen LogP contribution >= 0.6 is 46.3 Å². The summed E-state index contributed by atoms with van der Waals surface area (Å²) in [6.45, 7) is 3.91. The summed E-state index contributed by atoms with van der Waals surface area (Å²) in [7, 11) is 1.76. The Labute approximate surface area is 238 Å². The Kier molecular flexibility index (Phi) is 9.35. The summed E-state index contributed by atoms with van der Waals surface area (Å²) in [6, 6.07) is 4.64. The molecule has 0 fully saturated rings. The van der Waals surface area contributed by atoms with Crippen LogP contribution in [0.1, 0.15) is 63.7 Å². The average molecular weight is 597 g/mol. The summed E-state index contributed by atoms with van der Waals surface area (Å²) in [5.74, 6) is -0.515. The van der Waals surface area contributed by atoms with Crippen LogP contribution in [0.25, 0.3) is 0 Å². The molecule has 9 nitrogen and oxygen atoms in total. The fourth-order valence-electron chi connectivity index (χ4n) is 4.03. The molecule has 2 amide bonds. The summed E-state index contributed by atoms with van der Waals surface area (Å²) in [5, 5.41) is 15.3. The van der Waals surface area contributed by atoms with Crippen molar-refractivity contribution in [2.24, 2.45) is 7.05 Å². The molecular weight excluding hydrogens is 569 g/mol. The van der Waals surface area contributed by atoms with E-state index >= 15 is 0 Å². The molecule has 202 valence electrons. The number of nitrogens with zero attached hydrogens (tertiary/aromatic N) is 3. The monoisotopic (exact) mass is 595 g/mol. The number of hydrogen-bond donors (Lipinski definition) is 2. The lowest BCUT2D eigenvalue weighted by Crippen LogP contribution is -2.25. The van der Waals surface area contributed by atoms with E-state index < -0.39 is 11.2 Å². The van der Waals surface area contributed by atoms with Gasteiger partial charge in [-0.2, -0.15) is 0 Å². The molecule has 1 aliphatic carbocycles. The Morgan fingerprint density at radius 3 is 2.71 bits per heavy atom. The maximum atomic E-state index is 13.1. The number of fused-ring (bicyclic) bond motifs is 1. The Morgan fingerprint density at radius 1 is 1.21 bits per heavy atom. The molecule has 2 aromatic heterocycles. The van der Waals surface area contributed by atoms with Gasteiger partial charge in [0.05, 0.1) is 34.6 Å². The third kappa shape index (κ3) is 6.33. The summed E-state index contributed by atoms with van der Waals surface area (Å²) >= 11 is 14.7. The van der Waals surface area contributed by atoms with Gasteiger partial charge in [0.1, 0.15) is 5.00 Å². The molecule has 0 unspecified atom stereocenters. The van der Waals surface area contributed by atoms with Crippen molar-refractivity contribution < 1.29 is 19.1 Å². The summed E-state index contributed by atoms with van der Waals surface area (Å²) in [5.41, 5.74) is 1.78. The zero-order valence-corrected chi connectivity index (χ0v) is 24.2. The van der Waals surface area contributed by atoms with Gasteiger partial charge in [-0.05, 0) is 63.3 Å². The van der Waals surface area contributed by atoms with Crippen LogP contribution in [0.4, 0.5) is 5.00 Å². The molecule has 13 heteroatoms. The summed E-state index contributed by atoms with van der Waals surface area (Å²) in [4.78, 5) is 39.4. The normalized spacial score (nSPS) is 13.5. The van der Waals surface area contributed by atoms with E-state index in [0.717, 1.165) is 36.1 Å². The van der Waals surface area contributed by atoms with Gasteiger partial charge in [0.25, 0.3) is 5.91 Å². The first kappa shape index (κ1) is 28.4. The molecule has 0 radical (unpaired) electrons. The first-order chi connectivity index (χ1) is 18.2. The first-order valence-electron chi connectivity index (χ1n) is 12.1. The highest BCUT2D eigenvalue weighted by atomic mass is 35.5. The zero-order valence-electron chi connectivity index (χ0n) is 21.1. The first-order valence-corrected chi connectivity index (χ1v) is 14.6. The maximum Gasteiger partial charge on any atom is 0.341 e. The van der Waals surface area contributed by atoms with Crippen LogP contribution < -0.4 is 10.6 Å². The van der Waals surface area contributed by atoms with E-state index in [9.17, 15) is 14.4 Å². The minimum absolute atomic E-state index is 0.117. The SMILES string of the molecule is CCOC(=O)c1c(NC(=O)[C@@H](C)Sc2nnc(CNC(=O)c3ccc(Cl)cc3Cl)n2C)sc2c1CCCC2. The number of carbonyl (C=O) groups excluding carboxylic acids is 3. The van der Waals surface area contributed by atoms with Crippen molar-refractivity contribution in [3.63, 3.8) is 0 Å². The second kappa shape index (κ2) is 12.5. The molecule has 38 heavy (non-hydrogen) atoms. The minimum Gasteiger partial charge on any atom is -0.462 e. The molecule has 0 bridgehead atoms. The number of aromatic nitrogens is 3. The Balaban J connectivity index is 1.40. The number of thioether (sulfide) groups is 1. The van der Waals surface area contributed by atoms with E-state index in [1.807, 2.05) is 0 Å². The maximum absolute atomic E-state index is 13.1. The lowest BCUT2D eigenvalue weighted by Gasteiger charge is -2.13. The van der Waals surface area contributed by atoms with Gasteiger partial charge in [-0.3, -0.25) is 9.59 Å². The highest BCUT2D eigenvalue weighted by molar-refractivity contribution is 8.00. The zero-order chi connectivity index (χ0) is 27.4. The number of ether oxygens (including phenoxy) is 1. The number of aryl methyl sites for hydroxylation is 1. The minimum atomic E-state index is -0.526. The number of esters is 1. The van der Waals surface area contributed by atoms with Crippen LogP contribution in [-0.2, 0) is 36.0 Å². The van der Waals surface area contributed by atoms with Crippen LogP contribution in [0.3, 0.4) is 0 Å². The molecule has 0 saturated carbocycles. The average Bonchev–Trinajstić information content (AvgIpc) is 3.42. The van der Waals surface area contributed by atoms with Crippen molar-refractivity contribution in [2.75, 3.05) is 11.9 Å². The van der Waals surface area contributed by atoms with Gasteiger partial charge in [0.2, 0.25) is 5.91 Å². The predicted molar refractivity (Wildman–Crippen MR) is 150 cm³/mol. The molecule has 2 N–H and O–H groups in total. The number of halogens is 2. The number of thiophene rings is 1. The third-order valence-electron chi connectivity index (χ3n) is 6.05. The van der Waals surface area contributed by atoms with Crippen molar-refractivity contribution >= 4 is 69.1 Å². The molecule has 2 heterocycles. The largest absolute Gasteiger partial charge is 0.462 e. The smallest absolute Gasteiger partial charge is 0.341 e. The Morgan fingerprint density at radius 2 is 1.97 bits per heavy atom. The molecular formula is C25H27Cl2N5O4S2. The molecule has 1 aliphatic rings. The van der Waals surface area contributed by atoms with E-state index in [1.165, 1.54) is 29.2 Å². The van der Waals surface area contributed by atoms with Crippen molar-refractivity contribution in [2.45, 2.75) is 56.5 Å². The molecule has 0 saturated heterocycles. The Bertz CT molecular complexity index is 1370. The fourth-order valence-corrected chi connectivity index (χ4v) is 6.64. The van der Waals surface area contributed by atoms with E-state index in [1.54, 1.807) is 37.6 Å². The van der Waals surface area contributed by atoms with Crippen LogP contribution in [-0.4, -0.2) is 44.4 Å². The van der Waals surface area contributed by atoms with Gasteiger partial charge < -0.3 is 19.9 Å². The van der Waals surface area contributed by atoms with Crippen LogP contribution in [0, 0.1) is 0 Å². The fraction of sp³-hybridized carbons (Fsp3) is 0.400.